The zero-order chi connectivity index (χ0) is 15.0. The Morgan fingerprint density at radius 1 is 1.35 bits per heavy atom. The van der Waals surface area contributed by atoms with E-state index in [-0.39, 0.29) is 0 Å². The monoisotopic (exact) mass is 297 g/mol. The fourth-order valence-electron chi connectivity index (χ4n) is 1.69. The molecule has 0 bridgehead atoms. The molecule has 109 valence electrons. The largest absolute Gasteiger partial charge is 0.626 e. The van der Waals surface area contributed by atoms with Crippen molar-refractivity contribution in [2.24, 2.45) is 0 Å². The van der Waals surface area contributed by atoms with E-state index >= 15 is 0 Å². The van der Waals surface area contributed by atoms with Gasteiger partial charge in [0.25, 0.3) is 0 Å². The van der Waals surface area contributed by atoms with E-state index in [1.165, 1.54) is 0 Å². The molecule has 1 aromatic carbocycles. The lowest BCUT2D eigenvalue weighted by Gasteiger charge is -2.34. The summed E-state index contributed by atoms with van der Waals surface area (Å²) in [5.74, 6) is 0.764. The molecule has 0 saturated carbocycles. The van der Waals surface area contributed by atoms with Gasteiger partial charge in [-0.3, -0.25) is 0 Å². The maximum atomic E-state index is 10.1. The van der Waals surface area contributed by atoms with Crippen LogP contribution in [-0.2, 0) is 0 Å². The molecule has 1 aliphatic heterocycles. The highest BCUT2D eigenvalue weighted by molar-refractivity contribution is 6.54. The van der Waals surface area contributed by atoms with Gasteiger partial charge >= 0.3 is 7.48 Å². The van der Waals surface area contributed by atoms with Crippen molar-refractivity contribution >= 4 is 30.2 Å². The third kappa shape index (κ3) is 3.05. The van der Waals surface area contributed by atoms with Crippen LogP contribution in [0.4, 0.5) is 5.69 Å². The van der Waals surface area contributed by atoms with Crippen LogP contribution in [-0.4, -0.2) is 41.6 Å². The van der Waals surface area contributed by atoms with Gasteiger partial charge < -0.3 is 19.8 Å². The van der Waals surface area contributed by atoms with Gasteiger partial charge in [0.2, 0.25) is 0 Å². The van der Waals surface area contributed by atoms with Gasteiger partial charge in [-0.2, -0.15) is 0 Å². The Hall–Kier alpha value is -0.905. The normalized spacial score (nSPS) is 15.1. The molecule has 1 radical (unpaired) electrons. The summed E-state index contributed by atoms with van der Waals surface area (Å²) >= 11 is 6.37. The Morgan fingerprint density at radius 2 is 2.05 bits per heavy atom. The molecule has 2 rings (SSSR count). The topological polar surface area (TPSA) is 54.3 Å². The van der Waals surface area contributed by atoms with Gasteiger partial charge in [0, 0.05) is 25.9 Å². The number of hydrogen-bond acceptors (Lipinski definition) is 3. The second kappa shape index (κ2) is 5.47. The number of hydrogen-bond donors (Lipinski definition) is 2. The fraction of sp³-hybridized carbons (Fsp3) is 0.571. The van der Waals surface area contributed by atoms with Gasteiger partial charge in [0.1, 0.15) is 18.0 Å². The van der Waals surface area contributed by atoms with Gasteiger partial charge in [-0.25, -0.2) is 0 Å². The summed E-state index contributed by atoms with van der Waals surface area (Å²) in [4.78, 5) is 0. The summed E-state index contributed by atoms with van der Waals surface area (Å²) in [6, 6.07) is 3.75. The molecule has 0 aliphatic carbocycles. The average Bonchev–Trinajstić information content (AvgIpc) is 2.37. The highest BCUT2D eigenvalue weighted by atomic mass is 35.5. The van der Waals surface area contributed by atoms with Crippen molar-refractivity contribution < 1.29 is 14.5 Å². The van der Waals surface area contributed by atoms with E-state index in [1.807, 2.05) is 26.0 Å². The number of aliphatic hydroxyl groups is 2. The summed E-state index contributed by atoms with van der Waals surface area (Å²) < 4.78 is 10.0. The molecule has 4 nitrogen and oxygen atoms in total. The van der Waals surface area contributed by atoms with E-state index in [0.29, 0.717) is 11.6 Å². The van der Waals surface area contributed by atoms with Crippen molar-refractivity contribution in [3.8, 4) is 5.75 Å². The van der Waals surface area contributed by atoms with E-state index in [1.54, 1.807) is 21.3 Å². The van der Waals surface area contributed by atoms with E-state index < -0.39 is 11.2 Å². The Labute approximate surface area is 125 Å². The third-order valence-electron chi connectivity index (χ3n) is 3.82. The van der Waals surface area contributed by atoms with Gasteiger partial charge in [-0.1, -0.05) is 17.7 Å². The lowest BCUT2D eigenvalue weighted by molar-refractivity contribution is -0.157. The minimum atomic E-state index is -0.911. The van der Waals surface area contributed by atoms with Crippen molar-refractivity contribution in [2.75, 3.05) is 18.5 Å². The molecule has 1 heterocycles. The molecule has 0 fully saturated rings. The number of halogens is 1. The number of benzene rings is 1. The Balaban J connectivity index is 2.15. The lowest BCUT2D eigenvalue weighted by atomic mass is 9.82. The minimum absolute atomic E-state index is 0.595. The molecule has 6 heteroatoms. The van der Waals surface area contributed by atoms with Crippen LogP contribution < -0.4 is 15.5 Å². The number of ether oxygens (including phenoxy) is 1. The first-order chi connectivity index (χ1) is 9.22. The van der Waals surface area contributed by atoms with Crippen LogP contribution in [0, 0.1) is 0 Å². The van der Waals surface area contributed by atoms with Crippen LogP contribution in [0.25, 0.3) is 0 Å². The van der Waals surface area contributed by atoms with E-state index in [0.717, 1.165) is 23.4 Å². The number of fused-ring (bicyclic) bond motifs is 1. The lowest BCUT2D eigenvalue weighted by Crippen LogP contribution is -2.52. The Kier molecular flexibility index (Phi) is 4.23. The van der Waals surface area contributed by atoms with Crippen LogP contribution in [0.1, 0.15) is 27.7 Å². The zero-order valence-corrected chi connectivity index (χ0v) is 13.1. The first-order valence-corrected chi connectivity index (χ1v) is 7.07. The summed E-state index contributed by atoms with van der Waals surface area (Å²) in [5, 5.41) is 13.9. The zero-order valence-electron chi connectivity index (χ0n) is 12.3. The van der Waals surface area contributed by atoms with Gasteiger partial charge in [0.15, 0.2) is 5.60 Å². The first kappa shape index (κ1) is 15.5. The predicted molar refractivity (Wildman–Crippen MR) is 83.4 cm³/mol. The molecule has 1 aromatic rings. The number of anilines is 1. The molecule has 1 aliphatic rings. The highest BCUT2D eigenvalue weighted by Crippen LogP contribution is 2.33. The van der Waals surface area contributed by atoms with Gasteiger partial charge in [-0.05, 0) is 19.9 Å². The Bertz CT molecular complexity index is 500. The van der Waals surface area contributed by atoms with Crippen LogP contribution >= 0.6 is 11.6 Å². The molecule has 0 saturated heterocycles. The smallest absolute Gasteiger partial charge is 0.530 e. The average molecular weight is 298 g/mol. The van der Waals surface area contributed by atoms with Crippen molar-refractivity contribution in [2.45, 2.75) is 38.9 Å². The van der Waals surface area contributed by atoms with E-state index in [4.69, 9.17) is 16.3 Å². The van der Waals surface area contributed by atoms with Gasteiger partial charge in [-0.15, -0.1) is 0 Å². The van der Waals surface area contributed by atoms with Crippen LogP contribution in [0.5, 0.6) is 5.75 Å². The number of nitrogens with one attached hydrogen (secondary N) is 1. The second-order valence-corrected chi connectivity index (χ2v) is 6.37. The van der Waals surface area contributed by atoms with Crippen LogP contribution in [0.2, 0.25) is 5.02 Å². The van der Waals surface area contributed by atoms with Gasteiger partial charge in [0.05, 0.1) is 10.7 Å². The second-order valence-electron chi connectivity index (χ2n) is 5.99. The summed E-state index contributed by atoms with van der Waals surface area (Å²) in [5.41, 5.74) is 0.102. The minimum Gasteiger partial charge on any atom is -0.530 e. The summed E-state index contributed by atoms with van der Waals surface area (Å²) in [6.07, 6.45) is 0. The molecule has 0 atom stereocenters. The maximum Gasteiger partial charge on any atom is 0.626 e. The SMILES string of the molecule is CC(C)(O)C(C)(C)[OH+][B]c1ccc2c(c1Cl)NCCO2. The molecular formula is C14H21BClNO3+. The first-order valence-electron chi connectivity index (χ1n) is 6.69. The molecule has 3 N–H and O–H groups in total. The molecule has 0 aromatic heterocycles. The molecule has 0 spiro atoms. The standard InChI is InChI=1S/C14H21BClNO3/c1-13(2,18)14(3,4)20-15-9-5-6-10-12(11(9)16)17-7-8-19-10/h5-6,17-18,20H,7-8H2,1-4H3/q+1. The van der Waals surface area contributed by atoms with Crippen LogP contribution in [0.3, 0.4) is 0 Å². The molecule has 20 heavy (non-hydrogen) atoms. The third-order valence-corrected chi connectivity index (χ3v) is 4.23. The summed E-state index contributed by atoms with van der Waals surface area (Å²) in [7, 11) is 1.71. The molecule has 0 amide bonds. The van der Waals surface area contributed by atoms with Crippen molar-refractivity contribution in [3.05, 3.63) is 17.2 Å². The number of rotatable bonds is 4. The highest BCUT2D eigenvalue weighted by Gasteiger charge is 2.41. The maximum absolute atomic E-state index is 10.1. The Morgan fingerprint density at radius 3 is 2.70 bits per heavy atom. The molecular weight excluding hydrogens is 276 g/mol. The quantitative estimate of drug-likeness (QED) is 0.653. The molecule has 0 unspecified atom stereocenters. The summed E-state index contributed by atoms with van der Waals surface area (Å²) in [6.45, 7) is 8.64. The van der Waals surface area contributed by atoms with E-state index in [2.05, 4.69) is 9.97 Å². The van der Waals surface area contributed by atoms with E-state index in [9.17, 15) is 5.11 Å². The predicted octanol–water partition coefficient (Wildman–Crippen LogP) is 1.47. The van der Waals surface area contributed by atoms with Crippen molar-refractivity contribution in [1.82, 2.24) is 0 Å². The van der Waals surface area contributed by atoms with Crippen LogP contribution in [0.15, 0.2) is 12.1 Å². The fourth-order valence-corrected chi connectivity index (χ4v) is 1.96. The van der Waals surface area contributed by atoms with Crippen molar-refractivity contribution in [3.63, 3.8) is 0 Å². The van der Waals surface area contributed by atoms with Crippen molar-refractivity contribution in [1.29, 1.82) is 0 Å².